The van der Waals surface area contributed by atoms with Crippen molar-refractivity contribution in [1.29, 1.82) is 0 Å². The maximum Gasteiger partial charge on any atom is 0.311 e. The molecular weight excluding hydrogens is 530 g/mol. The molecule has 1 aliphatic heterocycles. The van der Waals surface area contributed by atoms with Gasteiger partial charge in [0.2, 0.25) is 0 Å². The number of rotatable bonds is 7. The van der Waals surface area contributed by atoms with E-state index in [4.69, 9.17) is 24.1 Å². The van der Waals surface area contributed by atoms with Gasteiger partial charge in [-0.15, -0.1) is 0 Å². The van der Waals surface area contributed by atoms with E-state index in [0.29, 0.717) is 17.8 Å². The predicted octanol–water partition coefficient (Wildman–Crippen LogP) is 5.68. The van der Waals surface area contributed by atoms with Crippen LogP contribution in [-0.4, -0.2) is 67.0 Å². The number of imidazole rings is 1. The minimum atomic E-state index is -2.33. The van der Waals surface area contributed by atoms with Crippen molar-refractivity contribution in [3.63, 3.8) is 0 Å². The number of aromatic nitrogens is 4. The Balaban J connectivity index is 2.11. The smallest absolute Gasteiger partial charge is 0.311 e. The Hall–Kier alpha value is -1.87. The van der Waals surface area contributed by atoms with Gasteiger partial charge in [0, 0.05) is 0 Å². The molecule has 1 fully saturated rings. The quantitative estimate of drug-likeness (QED) is 0.326. The maximum absolute atomic E-state index is 13.3. The molecule has 220 valence electrons. The lowest BCUT2D eigenvalue weighted by atomic mass is 9.97. The van der Waals surface area contributed by atoms with Crippen molar-refractivity contribution in [3.8, 4) is 0 Å². The Morgan fingerprint density at radius 2 is 1.54 bits per heavy atom. The topological polar surface area (TPSA) is 124 Å². The van der Waals surface area contributed by atoms with Crippen molar-refractivity contribution < 1.29 is 23.1 Å². The molecule has 1 saturated heterocycles. The van der Waals surface area contributed by atoms with Crippen molar-refractivity contribution in [2.75, 3.05) is 12.3 Å². The first-order valence-corrected chi connectivity index (χ1v) is 19.5. The van der Waals surface area contributed by atoms with Gasteiger partial charge in [0.1, 0.15) is 24.1 Å². The molecular formula is C27H49N5O5Si2. The van der Waals surface area contributed by atoms with Crippen molar-refractivity contribution >= 4 is 39.6 Å². The third kappa shape index (κ3) is 6.56. The van der Waals surface area contributed by atoms with Gasteiger partial charge in [0.25, 0.3) is 0 Å². The number of nitrogen functional groups attached to an aromatic ring is 1. The summed E-state index contributed by atoms with van der Waals surface area (Å²) in [7, 11) is -4.43. The molecule has 0 unspecified atom stereocenters. The van der Waals surface area contributed by atoms with Crippen LogP contribution < -0.4 is 5.73 Å². The molecule has 2 aromatic heterocycles. The fourth-order valence-electron chi connectivity index (χ4n) is 3.71. The molecule has 0 bridgehead atoms. The molecule has 0 aliphatic carbocycles. The summed E-state index contributed by atoms with van der Waals surface area (Å²) in [5.74, 6) is -0.0682. The van der Waals surface area contributed by atoms with E-state index in [0.717, 1.165) is 0 Å². The normalized spacial score (nSPS) is 23.4. The van der Waals surface area contributed by atoms with E-state index < -0.39 is 46.6 Å². The first kappa shape index (κ1) is 31.7. The number of carbonyl (C=O) groups is 1. The third-order valence-electron chi connectivity index (χ3n) is 8.45. The van der Waals surface area contributed by atoms with Gasteiger partial charge < -0.3 is 24.1 Å². The summed E-state index contributed by atoms with van der Waals surface area (Å²) in [6.45, 7) is 27.8. The van der Waals surface area contributed by atoms with Crippen molar-refractivity contribution in [3.05, 3.63) is 12.7 Å². The first-order valence-electron chi connectivity index (χ1n) is 13.7. The number of carbonyl (C=O) groups excluding carboxylic acids is 1. The van der Waals surface area contributed by atoms with Crippen LogP contribution in [0.5, 0.6) is 0 Å². The fourth-order valence-corrected chi connectivity index (χ4v) is 6.05. The second-order valence-corrected chi connectivity index (χ2v) is 24.2. The van der Waals surface area contributed by atoms with Gasteiger partial charge in [0.05, 0.1) is 18.3 Å². The molecule has 39 heavy (non-hydrogen) atoms. The number of nitrogens with two attached hydrogens (primary N) is 1. The highest BCUT2D eigenvalue weighted by Gasteiger charge is 2.54. The Bertz CT molecular complexity index is 1180. The Labute approximate surface area is 235 Å². The lowest BCUT2D eigenvalue weighted by Crippen LogP contribution is -2.52. The second-order valence-electron chi connectivity index (χ2n) is 14.7. The number of fused-ring (bicyclic) bond motifs is 1. The molecule has 1 aliphatic rings. The number of ether oxygens (including phenoxy) is 2. The molecule has 3 heterocycles. The van der Waals surface area contributed by atoms with Crippen molar-refractivity contribution in [2.24, 2.45) is 5.41 Å². The van der Waals surface area contributed by atoms with Crippen LogP contribution in [0, 0.1) is 5.41 Å². The molecule has 0 saturated carbocycles. The van der Waals surface area contributed by atoms with E-state index in [1.54, 1.807) is 10.9 Å². The number of hydrogen-bond donors (Lipinski definition) is 1. The highest BCUT2D eigenvalue weighted by molar-refractivity contribution is 6.74. The summed E-state index contributed by atoms with van der Waals surface area (Å²) in [6.07, 6.45) is 0.476. The van der Waals surface area contributed by atoms with Crippen LogP contribution >= 0.6 is 0 Å². The lowest BCUT2D eigenvalue weighted by molar-refractivity contribution is -0.167. The number of anilines is 1. The predicted molar refractivity (Wildman–Crippen MR) is 158 cm³/mol. The largest absolute Gasteiger partial charge is 0.454 e. The van der Waals surface area contributed by atoms with Gasteiger partial charge in [-0.1, -0.05) is 41.5 Å². The van der Waals surface area contributed by atoms with E-state index in [2.05, 4.69) is 82.7 Å². The summed E-state index contributed by atoms with van der Waals surface area (Å²) < 4.78 is 28.4. The molecule has 0 spiro atoms. The van der Waals surface area contributed by atoms with Crippen LogP contribution in [0.15, 0.2) is 12.7 Å². The average Bonchev–Trinajstić information content (AvgIpc) is 3.32. The van der Waals surface area contributed by atoms with Crippen LogP contribution in [0.4, 0.5) is 5.82 Å². The minimum Gasteiger partial charge on any atom is -0.454 e. The number of hydrogen-bond acceptors (Lipinski definition) is 9. The molecule has 2 N–H and O–H groups in total. The zero-order chi connectivity index (χ0) is 29.8. The molecule has 0 aromatic carbocycles. The highest BCUT2D eigenvalue weighted by Crippen LogP contribution is 2.44. The molecule has 4 atom stereocenters. The average molecular weight is 580 g/mol. The SMILES string of the molecule is CC(C)(C)C(=O)O[C@H]1[C@H](O[Si](C)(C)C(C)(C)C)[C@@H](CO[Si](C)(C)C(C)(C)C)O[C@H]1n1cnc2c(N)ncnc21. The molecule has 0 amide bonds. The van der Waals surface area contributed by atoms with Crippen LogP contribution in [0.3, 0.4) is 0 Å². The standard InChI is InChI=1S/C27H49N5O5Si2/c1-25(2,3)24(33)36-20-19(37-39(12,13)27(7,8)9)17(14-34-38(10,11)26(4,5)6)35-23(20)32-16-31-18-21(28)29-15-30-22(18)32/h15-17,19-20,23H,14H2,1-13H3,(H2,28,29,30)/t17-,19-,20+,23-/m1/s1. The van der Waals surface area contributed by atoms with Gasteiger partial charge in [-0.25, -0.2) is 15.0 Å². The van der Waals surface area contributed by atoms with Crippen LogP contribution in [0.2, 0.25) is 36.3 Å². The number of nitrogens with zero attached hydrogens (tertiary/aromatic N) is 4. The Kier molecular flexibility index (Phi) is 8.53. The van der Waals surface area contributed by atoms with Crippen LogP contribution in [0.1, 0.15) is 68.5 Å². The lowest BCUT2D eigenvalue weighted by Gasteiger charge is -2.41. The Morgan fingerprint density at radius 3 is 2.08 bits per heavy atom. The number of esters is 1. The molecule has 2 aromatic rings. The third-order valence-corrected chi connectivity index (χ3v) is 17.4. The van der Waals surface area contributed by atoms with E-state index in [9.17, 15) is 4.79 Å². The van der Waals surface area contributed by atoms with Gasteiger partial charge in [-0.3, -0.25) is 9.36 Å². The van der Waals surface area contributed by atoms with Crippen LogP contribution in [-0.2, 0) is 23.1 Å². The van der Waals surface area contributed by atoms with Gasteiger partial charge in [-0.05, 0) is 57.0 Å². The summed E-state index contributed by atoms with van der Waals surface area (Å²) >= 11 is 0. The summed E-state index contributed by atoms with van der Waals surface area (Å²) in [4.78, 5) is 26.2. The second kappa shape index (κ2) is 10.5. The monoisotopic (exact) mass is 579 g/mol. The van der Waals surface area contributed by atoms with Gasteiger partial charge in [0.15, 0.2) is 40.4 Å². The van der Waals surface area contributed by atoms with Gasteiger partial charge >= 0.3 is 5.97 Å². The molecule has 12 heteroatoms. The molecule has 3 rings (SSSR count). The van der Waals surface area contributed by atoms with Crippen molar-refractivity contribution in [1.82, 2.24) is 19.5 Å². The van der Waals surface area contributed by atoms with Crippen LogP contribution in [0.25, 0.3) is 11.2 Å². The molecule has 10 nitrogen and oxygen atoms in total. The molecule has 0 radical (unpaired) electrons. The fraction of sp³-hybridized carbons (Fsp3) is 0.778. The van der Waals surface area contributed by atoms with E-state index in [1.807, 2.05) is 20.8 Å². The zero-order valence-electron chi connectivity index (χ0n) is 26.1. The van der Waals surface area contributed by atoms with E-state index in [1.165, 1.54) is 6.33 Å². The first-order chi connectivity index (χ1) is 17.6. The summed E-state index contributed by atoms with van der Waals surface area (Å²) in [6, 6.07) is 0. The van der Waals surface area contributed by atoms with Crippen molar-refractivity contribution in [2.45, 2.75) is 123 Å². The van der Waals surface area contributed by atoms with E-state index >= 15 is 0 Å². The minimum absolute atomic E-state index is 0.0217. The zero-order valence-corrected chi connectivity index (χ0v) is 28.1. The maximum atomic E-state index is 13.3. The van der Waals surface area contributed by atoms with E-state index in [-0.39, 0.29) is 21.9 Å². The summed E-state index contributed by atoms with van der Waals surface area (Å²) in [5.41, 5.74) is 6.32. The Morgan fingerprint density at radius 1 is 0.949 bits per heavy atom. The van der Waals surface area contributed by atoms with Gasteiger partial charge in [-0.2, -0.15) is 0 Å². The summed E-state index contributed by atoms with van der Waals surface area (Å²) in [5, 5.41) is -0.0498. The highest BCUT2D eigenvalue weighted by atomic mass is 28.4.